The molecular formula is C27H24N2O5. The van der Waals surface area contributed by atoms with E-state index >= 15 is 0 Å². The third-order valence-electron chi connectivity index (χ3n) is 5.65. The molecule has 4 rings (SSSR count). The van der Waals surface area contributed by atoms with Gasteiger partial charge in [0.15, 0.2) is 0 Å². The summed E-state index contributed by atoms with van der Waals surface area (Å²) in [6, 6.07) is 23.9. The number of methoxy groups -OCH3 is 1. The maximum absolute atomic E-state index is 13.4. The number of nitrogens with two attached hydrogens (primary N) is 1. The van der Waals surface area contributed by atoms with Crippen molar-refractivity contribution in [3.63, 3.8) is 0 Å². The van der Waals surface area contributed by atoms with Gasteiger partial charge in [-0.3, -0.25) is 9.59 Å². The second-order valence-electron chi connectivity index (χ2n) is 7.87. The van der Waals surface area contributed by atoms with Crippen LogP contribution in [0.5, 0.6) is 5.75 Å². The number of benzene rings is 3. The zero-order valence-corrected chi connectivity index (χ0v) is 18.6. The zero-order valence-electron chi connectivity index (χ0n) is 18.6. The van der Waals surface area contributed by atoms with Crippen LogP contribution in [0.4, 0.5) is 0 Å². The first-order valence-electron chi connectivity index (χ1n) is 10.8. The largest absolute Gasteiger partial charge is 0.497 e. The molecule has 7 nitrogen and oxygen atoms in total. The lowest BCUT2D eigenvalue weighted by Gasteiger charge is -2.22. The first kappa shape index (κ1) is 22.8. The van der Waals surface area contributed by atoms with Gasteiger partial charge in [-0.15, -0.1) is 0 Å². The lowest BCUT2D eigenvalue weighted by molar-refractivity contribution is -0.127. The smallest absolute Gasteiger partial charge is 0.336 e. The SMILES string of the molecule is COc1ccc2c(C[C@H](NC(=O)C(c3ccccc3)c3ccccc3)C(N)=O)cc(=O)oc2c1. The van der Waals surface area contributed by atoms with E-state index in [4.69, 9.17) is 14.9 Å². The molecule has 0 aliphatic rings. The molecule has 0 bridgehead atoms. The zero-order chi connectivity index (χ0) is 24.1. The summed E-state index contributed by atoms with van der Waals surface area (Å²) in [6.07, 6.45) is 0.0335. The van der Waals surface area contributed by atoms with Crippen molar-refractivity contribution in [2.24, 2.45) is 5.73 Å². The Morgan fingerprint density at radius 1 is 0.941 bits per heavy atom. The number of fused-ring (bicyclic) bond motifs is 1. The Hall–Kier alpha value is -4.39. The van der Waals surface area contributed by atoms with E-state index < -0.39 is 23.5 Å². The molecule has 3 aromatic carbocycles. The predicted molar refractivity (Wildman–Crippen MR) is 129 cm³/mol. The lowest BCUT2D eigenvalue weighted by atomic mass is 9.90. The normalized spacial score (nSPS) is 11.8. The van der Waals surface area contributed by atoms with Gasteiger partial charge in [0.1, 0.15) is 17.4 Å². The van der Waals surface area contributed by atoms with Gasteiger partial charge in [-0.25, -0.2) is 4.79 Å². The summed E-state index contributed by atoms with van der Waals surface area (Å²) < 4.78 is 10.5. The van der Waals surface area contributed by atoms with Crippen LogP contribution in [0, 0.1) is 0 Å². The number of amides is 2. The van der Waals surface area contributed by atoms with E-state index in [0.29, 0.717) is 22.3 Å². The van der Waals surface area contributed by atoms with Crippen molar-refractivity contribution in [1.82, 2.24) is 5.32 Å². The molecule has 172 valence electrons. The fourth-order valence-corrected chi connectivity index (χ4v) is 3.99. The van der Waals surface area contributed by atoms with E-state index in [1.54, 1.807) is 18.2 Å². The number of carbonyl (C=O) groups excluding carboxylic acids is 2. The number of nitrogens with one attached hydrogen (secondary N) is 1. The first-order valence-corrected chi connectivity index (χ1v) is 10.8. The topological polar surface area (TPSA) is 112 Å². The van der Waals surface area contributed by atoms with Crippen LogP contribution in [0.2, 0.25) is 0 Å². The average Bonchev–Trinajstić information content (AvgIpc) is 2.84. The van der Waals surface area contributed by atoms with Crippen molar-refractivity contribution in [3.05, 3.63) is 112 Å². The molecule has 0 spiro atoms. The fraction of sp³-hybridized carbons (Fsp3) is 0.148. The third-order valence-corrected chi connectivity index (χ3v) is 5.65. The van der Waals surface area contributed by atoms with E-state index in [9.17, 15) is 14.4 Å². The Balaban J connectivity index is 1.66. The molecule has 0 aliphatic heterocycles. The molecule has 1 aromatic heterocycles. The van der Waals surface area contributed by atoms with Crippen LogP contribution in [-0.2, 0) is 16.0 Å². The third kappa shape index (κ3) is 4.99. The Bertz CT molecular complexity index is 1330. The molecule has 3 N–H and O–H groups in total. The number of ether oxygens (including phenoxy) is 1. The van der Waals surface area contributed by atoms with E-state index in [0.717, 1.165) is 11.1 Å². The van der Waals surface area contributed by atoms with Gasteiger partial charge >= 0.3 is 5.63 Å². The number of primary amides is 1. The van der Waals surface area contributed by atoms with Crippen molar-refractivity contribution in [3.8, 4) is 5.75 Å². The summed E-state index contributed by atoms with van der Waals surface area (Å²) in [5, 5.41) is 3.43. The molecule has 34 heavy (non-hydrogen) atoms. The highest BCUT2D eigenvalue weighted by Gasteiger charge is 2.27. The Kier molecular flexibility index (Phi) is 6.73. The Morgan fingerprint density at radius 3 is 2.12 bits per heavy atom. The maximum Gasteiger partial charge on any atom is 0.336 e. The highest BCUT2D eigenvalue weighted by molar-refractivity contribution is 5.92. The van der Waals surface area contributed by atoms with E-state index in [2.05, 4.69) is 5.32 Å². The molecule has 0 fully saturated rings. The van der Waals surface area contributed by atoms with Crippen LogP contribution in [0.25, 0.3) is 11.0 Å². The summed E-state index contributed by atoms with van der Waals surface area (Å²) in [5.41, 5.74) is 7.52. The summed E-state index contributed by atoms with van der Waals surface area (Å²) in [4.78, 5) is 37.9. The molecule has 0 aliphatic carbocycles. The molecule has 0 saturated heterocycles. The summed E-state index contributed by atoms with van der Waals surface area (Å²) >= 11 is 0. The highest BCUT2D eigenvalue weighted by Crippen LogP contribution is 2.26. The van der Waals surface area contributed by atoms with Crippen LogP contribution in [0.1, 0.15) is 22.6 Å². The van der Waals surface area contributed by atoms with Crippen LogP contribution in [0.3, 0.4) is 0 Å². The molecular weight excluding hydrogens is 432 g/mol. The van der Waals surface area contributed by atoms with Crippen molar-refractivity contribution in [2.45, 2.75) is 18.4 Å². The predicted octanol–water partition coefficient (Wildman–Crippen LogP) is 3.15. The van der Waals surface area contributed by atoms with Crippen LogP contribution in [0.15, 0.2) is 94.1 Å². The van der Waals surface area contributed by atoms with Crippen molar-refractivity contribution in [1.29, 1.82) is 0 Å². The second kappa shape index (κ2) is 10.0. The molecule has 1 heterocycles. The van der Waals surface area contributed by atoms with Crippen LogP contribution in [-0.4, -0.2) is 25.0 Å². The highest BCUT2D eigenvalue weighted by atomic mass is 16.5. The molecule has 0 saturated carbocycles. The van der Waals surface area contributed by atoms with E-state index in [-0.39, 0.29) is 12.3 Å². The standard InChI is InChI=1S/C27H24N2O5/c1-33-20-12-13-21-19(15-24(30)34-23(21)16-20)14-22(26(28)31)29-27(32)25(17-8-4-2-5-9-17)18-10-6-3-7-11-18/h2-13,15-16,22,25H,14H2,1H3,(H2,28,31)(H,29,32)/t22-/m0/s1. The van der Waals surface area contributed by atoms with Gasteiger partial charge in [0.25, 0.3) is 0 Å². The van der Waals surface area contributed by atoms with Gasteiger partial charge in [0.2, 0.25) is 11.8 Å². The Labute approximate surface area is 196 Å². The molecule has 0 radical (unpaired) electrons. The Morgan fingerprint density at radius 2 is 1.56 bits per heavy atom. The van der Waals surface area contributed by atoms with Gasteiger partial charge in [-0.05, 0) is 28.8 Å². The minimum absolute atomic E-state index is 0.0335. The summed E-state index contributed by atoms with van der Waals surface area (Å²) in [5.74, 6) is -1.18. The van der Waals surface area contributed by atoms with Gasteiger partial charge in [-0.1, -0.05) is 60.7 Å². The average molecular weight is 456 g/mol. The van der Waals surface area contributed by atoms with Gasteiger partial charge in [-0.2, -0.15) is 0 Å². The van der Waals surface area contributed by atoms with Crippen molar-refractivity contribution in [2.75, 3.05) is 7.11 Å². The summed E-state index contributed by atoms with van der Waals surface area (Å²) in [7, 11) is 1.51. The van der Waals surface area contributed by atoms with Gasteiger partial charge < -0.3 is 20.2 Å². The maximum atomic E-state index is 13.4. The quantitative estimate of drug-likeness (QED) is 0.396. The van der Waals surface area contributed by atoms with E-state index in [1.165, 1.54) is 13.2 Å². The van der Waals surface area contributed by atoms with Crippen molar-refractivity contribution < 1.29 is 18.7 Å². The molecule has 7 heteroatoms. The van der Waals surface area contributed by atoms with Crippen LogP contribution >= 0.6 is 0 Å². The molecule has 2 amide bonds. The molecule has 0 unspecified atom stereocenters. The number of hydrogen-bond acceptors (Lipinski definition) is 5. The van der Waals surface area contributed by atoms with Gasteiger partial charge in [0.05, 0.1) is 13.0 Å². The summed E-state index contributed by atoms with van der Waals surface area (Å²) in [6.45, 7) is 0. The minimum atomic E-state index is -1.03. The number of carbonyl (C=O) groups is 2. The second-order valence-corrected chi connectivity index (χ2v) is 7.87. The molecule has 4 aromatic rings. The fourth-order valence-electron chi connectivity index (χ4n) is 3.99. The number of rotatable bonds is 8. The van der Waals surface area contributed by atoms with E-state index in [1.807, 2.05) is 60.7 Å². The number of hydrogen-bond donors (Lipinski definition) is 2. The lowest BCUT2D eigenvalue weighted by Crippen LogP contribution is -2.47. The minimum Gasteiger partial charge on any atom is -0.497 e. The van der Waals surface area contributed by atoms with Crippen molar-refractivity contribution >= 4 is 22.8 Å². The monoisotopic (exact) mass is 456 g/mol. The van der Waals surface area contributed by atoms with Gasteiger partial charge in [0, 0.05) is 23.9 Å². The molecule has 1 atom stereocenters. The van der Waals surface area contributed by atoms with Crippen LogP contribution < -0.4 is 21.4 Å². The first-order chi connectivity index (χ1) is 16.5.